The molecule has 32 heavy (non-hydrogen) atoms. The van der Waals surface area contributed by atoms with E-state index in [1.54, 1.807) is 19.1 Å². The summed E-state index contributed by atoms with van der Waals surface area (Å²) in [5, 5.41) is 1.11. The van der Waals surface area contributed by atoms with Gasteiger partial charge in [0.15, 0.2) is 0 Å². The first kappa shape index (κ1) is 22.0. The van der Waals surface area contributed by atoms with Gasteiger partial charge in [-0.25, -0.2) is 0 Å². The van der Waals surface area contributed by atoms with Crippen LogP contribution in [0.3, 0.4) is 0 Å². The van der Waals surface area contributed by atoms with Crippen LogP contribution >= 0.6 is 11.6 Å². The topological polar surface area (TPSA) is 48.7 Å². The molecular weight excluding hydrogens is 424 g/mol. The van der Waals surface area contributed by atoms with E-state index in [4.69, 9.17) is 25.5 Å². The quantitative estimate of drug-likeness (QED) is 0.296. The van der Waals surface area contributed by atoms with Crippen LogP contribution in [-0.4, -0.2) is 0 Å². The number of fused-ring (bicyclic) bond motifs is 1. The van der Waals surface area contributed by atoms with Crippen LogP contribution in [0, 0.1) is 13.8 Å². The van der Waals surface area contributed by atoms with Crippen LogP contribution in [0.1, 0.15) is 35.8 Å². The van der Waals surface area contributed by atoms with Crippen molar-refractivity contribution < 1.29 is 13.9 Å². The molecule has 0 amide bonds. The summed E-state index contributed by atoms with van der Waals surface area (Å²) in [6.45, 7) is 6.08. The third kappa shape index (κ3) is 4.51. The van der Waals surface area contributed by atoms with Gasteiger partial charge in [-0.05, 0) is 56.2 Å². The smallest absolute Gasteiger partial charge is 0.235 e. The van der Waals surface area contributed by atoms with E-state index in [2.05, 4.69) is 6.92 Å². The van der Waals surface area contributed by atoms with Gasteiger partial charge in [-0.3, -0.25) is 4.79 Å². The lowest BCUT2D eigenvalue weighted by Crippen LogP contribution is -2.08. The molecule has 0 saturated carbocycles. The highest BCUT2D eigenvalue weighted by molar-refractivity contribution is 6.31. The Labute approximate surface area is 192 Å². The fraction of sp³-hybridized carbons (Fsp3) is 0.222. The fourth-order valence-electron chi connectivity index (χ4n) is 3.64. The molecule has 0 radical (unpaired) electrons. The van der Waals surface area contributed by atoms with E-state index in [-0.39, 0.29) is 11.2 Å². The monoisotopic (exact) mass is 448 g/mol. The van der Waals surface area contributed by atoms with Crippen molar-refractivity contribution >= 4 is 22.6 Å². The highest BCUT2D eigenvalue weighted by Gasteiger charge is 2.17. The Hall–Kier alpha value is -3.24. The Bertz CT molecular complexity index is 1310. The molecule has 0 bridgehead atoms. The molecule has 0 aliphatic heterocycles. The van der Waals surface area contributed by atoms with Gasteiger partial charge >= 0.3 is 0 Å². The molecule has 0 N–H and O–H groups in total. The average Bonchev–Trinajstić information content (AvgIpc) is 2.79. The molecule has 164 valence electrons. The molecule has 0 aliphatic carbocycles. The van der Waals surface area contributed by atoms with Crippen molar-refractivity contribution in [2.45, 2.75) is 40.2 Å². The van der Waals surface area contributed by atoms with Crippen molar-refractivity contribution in [1.29, 1.82) is 0 Å². The molecule has 0 aliphatic rings. The second-order valence-electron chi connectivity index (χ2n) is 7.76. The molecule has 0 unspecified atom stereocenters. The zero-order valence-electron chi connectivity index (χ0n) is 18.4. The second-order valence-corrected chi connectivity index (χ2v) is 8.17. The van der Waals surface area contributed by atoms with Crippen LogP contribution < -0.4 is 14.9 Å². The third-order valence-corrected chi connectivity index (χ3v) is 5.77. The lowest BCUT2D eigenvalue weighted by molar-refractivity contribution is 0.304. The third-order valence-electron chi connectivity index (χ3n) is 5.40. The molecule has 4 rings (SSSR count). The first-order valence-corrected chi connectivity index (χ1v) is 11.1. The fourth-order valence-corrected chi connectivity index (χ4v) is 3.83. The maximum Gasteiger partial charge on any atom is 0.235 e. The van der Waals surface area contributed by atoms with E-state index in [0.717, 1.165) is 24.0 Å². The van der Waals surface area contributed by atoms with Gasteiger partial charge in [0.25, 0.3) is 0 Å². The summed E-state index contributed by atoms with van der Waals surface area (Å²) in [5.41, 5.74) is 3.17. The molecule has 0 atom stereocenters. The molecule has 0 fully saturated rings. The Kier molecular flexibility index (Phi) is 6.52. The van der Waals surface area contributed by atoms with E-state index >= 15 is 0 Å². The summed E-state index contributed by atoms with van der Waals surface area (Å²) >= 11 is 6.22. The SMILES string of the molecule is CCCc1ccc(Oc2c(C)oc3c(C)c(OCc4ccccc4Cl)ccc3c2=O)cc1. The summed E-state index contributed by atoms with van der Waals surface area (Å²) in [7, 11) is 0. The molecule has 1 heterocycles. The van der Waals surface area contributed by atoms with Gasteiger partial charge in [0, 0.05) is 16.1 Å². The molecule has 5 heteroatoms. The summed E-state index contributed by atoms with van der Waals surface area (Å²) in [5.74, 6) is 1.87. The largest absolute Gasteiger partial charge is 0.488 e. The van der Waals surface area contributed by atoms with Crippen molar-refractivity contribution in [2.75, 3.05) is 0 Å². The zero-order chi connectivity index (χ0) is 22.7. The number of halogens is 1. The van der Waals surface area contributed by atoms with Crippen LogP contribution in [0.2, 0.25) is 5.02 Å². The standard InChI is InChI=1S/C27H25ClO4/c1-4-7-19-10-12-21(13-11-19)32-27-18(3)31-26-17(2)24(15-14-22(26)25(27)29)30-16-20-8-5-6-9-23(20)28/h5-6,8-15H,4,7,16H2,1-3H3. The molecular formula is C27H25ClO4. The van der Waals surface area contributed by atoms with Crippen molar-refractivity contribution in [2.24, 2.45) is 0 Å². The lowest BCUT2D eigenvalue weighted by Gasteiger charge is -2.13. The number of benzene rings is 3. The van der Waals surface area contributed by atoms with Crippen LogP contribution in [0.25, 0.3) is 11.0 Å². The highest BCUT2D eigenvalue weighted by Crippen LogP contribution is 2.31. The van der Waals surface area contributed by atoms with E-state index in [1.807, 2.05) is 55.5 Å². The van der Waals surface area contributed by atoms with E-state index in [9.17, 15) is 4.79 Å². The summed E-state index contributed by atoms with van der Waals surface area (Å²) in [6.07, 6.45) is 2.09. The minimum atomic E-state index is -0.206. The molecule has 0 saturated heterocycles. The van der Waals surface area contributed by atoms with Crippen LogP contribution in [0.4, 0.5) is 0 Å². The van der Waals surface area contributed by atoms with E-state index in [1.165, 1.54) is 5.56 Å². The molecule has 0 spiro atoms. The maximum absolute atomic E-state index is 13.2. The Morgan fingerprint density at radius 3 is 2.44 bits per heavy atom. The maximum atomic E-state index is 13.2. The van der Waals surface area contributed by atoms with Crippen LogP contribution in [0.5, 0.6) is 17.2 Å². The van der Waals surface area contributed by atoms with Crippen LogP contribution in [0.15, 0.2) is 69.9 Å². The normalized spacial score (nSPS) is 11.0. The Morgan fingerprint density at radius 2 is 1.72 bits per heavy atom. The second kappa shape index (κ2) is 9.49. The van der Waals surface area contributed by atoms with E-state index < -0.39 is 0 Å². The van der Waals surface area contributed by atoms with Gasteiger partial charge < -0.3 is 13.9 Å². The minimum Gasteiger partial charge on any atom is -0.488 e. The van der Waals surface area contributed by atoms with Gasteiger partial charge in [0.05, 0.1) is 5.39 Å². The van der Waals surface area contributed by atoms with Gasteiger partial charge in [-0.1, -0.05) is 55.3 Å². The highest BCUT2D eigenvalue weighted by atomic mass is 35.5. The minimum absolute atomic E-state index is 0.199. The summed E-state index contributed by atoms with van der Waals surface area (Å²) in [4.78, 5) is 13.2. The molecule has 3 aromatic carbocycles. The lowest BCUT2D eigenvalue weighted by atomic mass is 10.1. The molecule has 4 aromatic rings. The number of hydrogen-bond donors (Lipinski definition) is 0. The summed E-state index contributed by atoms with van der Waals surface area (Å²) in [6, 6.07) is 18.8. The average molecular weight is 449 g/mol. The first-order chi connectivity index (χ1) is 15.5. The zero-order valence-corrected chi connectivity index (χ0v) is 19.2. The van der Waals surface area contributed by atoms with Crippen molar-refractivity contribution in [3.05, 3.63) is 98.4 Å². The van der Waals surface area contributed by atoms with Crippen LogP contribution in [-0.2, 0) is 13.0 Å². The first-order valence-electron chi connectivity index (χ1n) is 10.7. The van der Waals surface area contributed by atoms with Gasteiger partial charge in [-0.15, -0.1) is 0 Å². The van der Waals surface area contributed by atoms with Crippen molar-refractivity contribution in [1.82, 2.24) is 0 Å². The Balaban J connectivity index is 1.63. The van der Waals surface area contributed by atoms with Gasteiger partial charge in [-0.2, -0.15) is 0 Å². The molecule has 4 nitrogen and oxygen atoms in total. The Morgan fingerprint density at radius 1 is 0.969 bits per heavy atom. The van der Waals surface area contributed by atoms with Crippen molar-refractivity contribution in [3.8, 4) is 17.2 Å². The number of hydrogen-bond acceptors (Lipinski definition) is 4. The summed E-state index contributed by atoms with van der Waals surface area (Å²) < 4.78 is 17.9. The predicted molar refractivity (Wildman–Crippen MR) is 128 cm³/mol. The van der Waals surface area contributed by atoms with Crippen molar-refractivity contribution in [3.63, 3.8) is 0 Å². The predicted octanol–water partition coefficient (Wildman–Crippen LogP) is 7.39. The number of ether oxygens (including phenoxy) is 2. The number of aryl methyl sites for hydroxylation is 3. The van der Waals surface area contributed by atoms with E-state index in [0.29, 0.717) is 39.9 Å². The van der Waals surface area contributed by atoms with Gasteiger partial charge in [0.2, 0.25) is 11.2 Å². The van der Waals surface area contributed by atoms with Gasteiger partial charge in [0.1, 0.15) is 29.4 Å². The number of rotatable bonds is 7. The molecule has 1 aromatic heterocycles.